The molecule has 0 saturated heterocycles. The first-order valence-corrected chi connectivity index (χ1v) is 11.9. The Morgan fingerprint density at radius 2 is 1.68 bits per heavy atom. The first kappa shape index (κ1) is 25.5. The zero-order valence-corrected chi connectivity index (χ0v) is 20.8. The Bertz CT molecular complexity index is 1460. The molecular weight excluding hydrogens is 474 g/mol. The van der Waals surface area contributed by atoms with Crippen molar-refractivity contribution in [3.05, 3.63) is 99.9 Å². The van der Waals surface area contributed by atoms with Crippen molar-refractivity contribution >= 4 is 23.0 Å². The lowest BCUT2D eigenvalue weighted by Gasteiger charge is -2.16. The van der Waals surface area contributed by atoms with E-state index in [0.717, 1.165) is 5.56 Å². The Balaban J connectivity index is 1.49. The van der Waals surface area contributed by atoms with Crippen molar-refractivity contribution in [3.63, 3.8) is 0 Å². The summed E-state index contributed by atoms with van der Waals surface area (Å²) >= 11 is 0. The van der Waals surface area contributed by atoms with Gasteiger partial charge in [0.05, 0.1) is 5.39 Å². The number of nitrogens with one attached hydrogen (secondary N) is 1. The fraction of sp³-hybridized carbons (Fsp3) is 0.207. The third-order valence-corrected chi connectivity index (χ3v) is 5.65. The van der Waals surface area contributed by atoms with E-state index in [9.17, 15) is 14.4 Å². The van der Waals surface area contributed by atoms with Crippen LogP contribution in [0, 0.1) is 6.92 Å². The first-order chi connectivity index (χ1) is 17.9. The summed E-state index contributed by atoms with van der Waals surface area (Å²) in [7, 11) is 0. The highest BCUT2D eigenvalue weighted by molar-refractivity contribution is 5.85. The lowest BCUT2D eigenvalue weighted by atomic mass is 10.1. The molecule has 1 N–H and O–H groups in total. The summed E-state index contributed by atoms with van der Waals surface area (Å²) in [6, 6.07) is 20.3. The summed E-state index contributed by atoms with van der Waals surface area (Å²) in [4.78, 5) is 38.0. The molecule has 4 rings (SSSR count). The third-order valence-electron chi connectivity index (χ3n) is 5.65. The van der Waals surface area contributed by atoms with Crippen molar-refractivity contribution in [2.75, 3.05) is 0 Å². The van der Waals surface area contributed by atoms with Crippen LogP contribution < -0.4 is 20.2 Å². The summed E-state index contributed by atoms with van der Waals surface area (Å²) < 4.78 is 22.4. The molecule has 0 radical (unpaired) electrons. The van der Waals surface area contributed by atoms with Crippen LogP contribution in [-0.2, 0) is 22.6 Å². The van der Waals surface area contributed by atoms with E-state index in [1.807, 2.05) is 55.5 Å². The van der Waals surface area contributed by atoms with Crippen LogP contribution in [0.1, 0.15) is 30.7 Å². The molecule has 0 aliphatic carbocycles. The van der Waals surface area contributed by atoms with Crippen LogP contribution >= 0.6 is 0 Å². The average Bonchev–Trinajstić information content (AvgIpc) is 2.90. The Kier molecular flexibility index (Phi) is 7.88. The Morgan fingerprint density at radius 3 is 2.35 bits per heavy atom. The van der Waals surface area contributed by atoms with Gasteiger partial charge in [-0.3, -0.25) is 4.79 Å². The molecule has 1 heterocycles. The summed E-state index contributed by atoms with van der Waals surface area (Å²) in [5.74, 6) is 0.457. The number of esters is 1. The number of benzene rings is 3. The molecule has 3 aromatic carbocycles. The number of fused-ring (bicyclic) bond motifs is 1. The number of hydrogen-bond donors (Lipinski definition) is 1. The highest BCUT2D eigenvalue weighted by atomic mass is 16.6. The molecule has 8 heteroatoms. The van der Waals surface area contributed by atoms with Crippen molar-refractivity contribution in [2.45, 2.75) is 39.8 Å². The van der Waals surface area contributed by atoms with Crippen LogP contribution in [0.4, 0.5) is 4.79 Å². The van der Waals surface area contributed by atoms with Gasteiger partial charge in [-0.1, -0.05) is 55.5 Å². The quantitative estimate of drug-likeness (QED) is 0.245. The Morgan fingerprint density at radius 1 is 1.00 bits per heavy atom. The fourth-order valence-electron chi connectivity index (χ4n) is 3.65. The maximum Gasteiger partial charge on any atom is 0.408 e. The van der Waals surface area contributed by atoms with Gasteiger partial charge in [-0.2, -0.15) is 0 Å². The molecule has 0 saturated carbocycles. The molecule has 190 valence electrons. The SMILES string of the molecule is CCc1cc2c(=O)c(Oc3ccccc3)c(C)oc2cc1OC(=O)[C@@H](C)NC(=O)OCc1ccccc1. The van der Waals surface area contributed by atoms with Crippen molar-refractivity contribution in [1.29, 1.82) is 0 Å². The van der Waals surface area contributed by atoms with E-state index in [-0.39, 0.29) is 29.1 Å². The zero-order chi connectivity index (χ0) is 26.4. The lowest BCUT2D eigenvalue weighted by Crippen LogP contribution is -2.41. The number of rotatable bonds is 8. The van der Waals surface area contributed by atoms with E-state index in [0.29, 0.717) is 28.9 Å². The molecule has 4 aromatic rings. The summed E-state index contributed by atoms with van der Waals surface area (Å²) in [5, 5.41) is 2.78. The van der Waals surface area contributed by atoms with Crippen LogP contribution in [0.2, 0.25) is 0 Å². The van der Waals surface area contributed by atoms with Crippen LogP contribution in [-0.4, -0.2) is 18.1 Å². The molecule has 1 amide bonds. The van der Waals surface area contributed by atoms with Crippen LogP contribution in [0.15, 0.2) is 82.0 Å². The predicted octanol–water partition coefficient (Wildman–Crippen LogP) is 5.68. The van der Waals surface area contributed by atoms with Crippen LogP contribution in [0.3, 0.4) is 0 Å². The van der Waals surface area contributed by atoms with Gasteiger partial charge in [-0.25, -0.2) is 9.59 Å². The molecule has 8 nitrogen and oxygen atoms in total. The molecule has 1 aromatic heterocycles. The smallest absolute Gasteiger partial charge is 0.408 e. The summed E-state index contributed by atoms with van der Waals surface area (Å²) in [6.45, 7) is 5.08. The summed E-state index contributed by atoms with van der Waals surface area (Å²) in [5.41, 5.74) is 1.38. The molecule has 0 aliphatic heterocycles. The van der Waals surface area contributed by atoms with Crippen LogP contribution in [0.5, 0.6) is 17.2 Å². The maximum atomic E-state index is 13.2. The lowest BCUT2D eigenvalue weighted by molar-refractivity contribution is -0.136. The second-order valence-electron chi connectivity index (χ2n) is 8.39. The van der Waals surface area contributed by atoms with Gasteiger partial charge in [0.15, 0.2) is 0 Å². The topological polar surface area (TPSA) is 104 Å². The minimum Gasteiger partial charge on any atom is -0.457 e. The molecular formula is C29H27NO7. The van der Waals surface area contributed by atoms with Gasteiger partial charge in [0, 0.05) is 6.07 Å². The van der Waals surface area contributed by atoms with Gasteiger partial charge in [-0.05, 0) is 49.6 Å². The number of ether oxygens (including phenoxy) is 3. The Labute approximate surface area is 213 Å². The number of hydrogen-bond acceptors (Lipinski definition) is 7. The van der Waals surface area contributed by atoms with E-state index >= 15 is 0 Å². The van der Waals surface area contributed by atoms with Crippen molar-refractivity contribution < 1.29 is 28.2 Å². The number of amides is 1. The number of carbonyl (C=O) groups excluding carboxylic acids is 2. The summed E-state index contributed by atoms with van der Waals surface area (Å²) in [6.07, 6.45) is -0.253. The molecule has 0 aliphatic rings. The van der Waals surface area contributed by atoms with Crippen molar-refractivity contribution in [1.82, 2.24) is 5.32 Å². The van der Waals surface area contributed by atoms with Crippen molar-refractivity contribution in [3.8, 4) is 17.2 Å². The largest absolute Gasteiger partial charge is 0.457 e. The number of alkyl carbamates (subject to hydrolysis) is 1. The fourth-order valence-corrected chi connectivity index (χ4v) is 3.65. The monoisotopic (exact) mass is 501 g/mol. The van der Waals surface area contributed by atoms with Gasteiger partial charge in [-0.15, -0.1) is 0 Å². The molecule has 1 atom stereocenters. The van der Waals surface area contributed by atoms with Crippen LogP contribution in [0.25, 0.3) is 11.0 Å². The van der Waals surface area contributed by atoms with Gasteiger partial charge in [0.25, 0.3) is 0 Å². The number of aryl methyl sites for hydroxylation is 2. The average molecular weight is 502 g/mol. The van der Waals surface area contributed by atoms with Gasteiger partial charge in [0.1, 0.15) is 35.5 Å². The van der Waals surface area contributed by atoms with E-state index in [1.165, 1.54) is 13.0 Å². The molecule has 0 spiro atoms. The zero-order valence-electron chi connectivity index (χ0n) is 20.8. The third kappa shape index (κ3) is 6.16. The Hall–Kier alpha value is -4.59. The van der Waals surface area contributed by atoms with E-state index < -0.39 is 18.1 Å². The second kappa shape index (κ2) is 11.4. The minimum atomic E-state index is -0.973. The van der Waals surface area contributed by atoms with E-state index in [4.69, 9.17) is 18.6 Å². The minimum absolute atomic E-state index is 0.0768. The molecule has 0 bridgehead atoms. The van der Waals surface area contributed by atoms with Gasteiger partial charge in [0.2, 0.25) is 11.2 Å². The highest BCUT2D eigenvalue weighted by Crippen LogP contribution is 2.30. The van der Waals surface area contributed by atoms with Crippen molar-refractivity contribution in [2.24, 2.45) is 0 Å². The van der Waals surface area contributed by atoms with E-state index in [1.54, 1.807) is 25.1 Å². The normalized spacial score (nSPS) is 11.5. The van der Waals surface area contributed by atoms with Gasteiger partial charge >= 0.3 is 12.1 Å². The number of carbonyl (C=O) groups is 2. The standard InChI is InChI=1S/C29H27NO7/c1-4-21-15-23-25(35-19(3)27(26(23)31)36-22-13-9-6-10-14-22)16-24(21)37-28(32)18(2)30-29(33)34-17-20-11-7-5-8-12-20/h5-16,18H,4,17H2,1-3H3,(H,30,33)/t18-/m1/s1. The predicted molar refractivity (Wildman–Crippen MR) is 138 cm³/mol. The second-order valence-corrected chi connectivity index (χ2v) is 8.39. The molecule has 37 heavy (non-hydrogen) atoms. The highest BCUT2D eigenvalue weighted by Gasteiger charge is 2.22. The van der Waals surface area contributed by atoms with E-state index in [2.05, 4.69) is 5.32 Å². The molecule has 0 unspecified atom stereocenters. The van der Waals surface area contributed by atoms with Gasteiger partial charge < -0.3 is 23.9 Å². The number of para-hydroxylation sites is 1. The maximum absolute atomic E-state index is 13.2. The first-order valence-electron chi connectivity index (χ1n) is 11.9. The molecule has 0 fully saturated rings.